The van der Waals surface area contributed by atoms with Crippen molar-refractivity contribution in [1.29, 1.82) is 0 Å². The van der Waals surface area contributed by atoms with Crippen LogP contribution in [0, 0.1) is 0 Å². The molecule has 5 rings (SSSR count). The summed E-state index contributed by atoms with van der Waals surface area (Å²) in [6.07, 6.45) is 4.70. The van der Waals surface area contributed by atoms with Crippen molar-refractivity contribution >= 4 is 23.5 Å². The molecule has 0 radical (unpaired) electrons. The van der Waals surface area contributed by atoms with Crippen molar-refractivity contribution in [2.75, 3.05) is 30.9 Å². The van der Waals surface area contributed by atoms with E-state index in [0.29, 0.717) is 24.0 Å². The smallest absolute Gasteiger partial charge is 0.248 e. The van der Waals surface area contributed by atoms with Gasteiger partial charge in [-0.3, -0.25) is 9.89 Å². The van der Waals surface area contributed by atoms with E-state index in [9.17, 15) is 13.6 Å². The minimum absolute atomic E-state index is 0.0615. The zero-order valence-electron chi connectivity index (χ0n) is 18.5. The average Bonchev–Trinajstić information content (AvgIpc) is 3.53. The molecule has 1 saturated carbocycles. The van der Waals surface area contributed by atoms with E-state index in [1.165, 1.54) is 0 Å². The number of fused-ring (bicyclic) bond motifs is 1. The van der Waals surface area contributed by atoms with Gasteiger partial charge in [-0.15, -0.1) is 0 Å². The van der Waals surface area contributed by atoms with Crippen molar-refractivity contribution in [1.82, 2.24) is 25.1 Å². The molecule has 2 aromatic heterocycles. The number of carbonyl (C=O) groups excluding carboxylic acids is 1. The van der Waals surface area contributed by atoms with Crippen molar-refractivity contribution in [2.24, 2.45) is 0 Å². The summed E-state index contributed by atoms with van der Waals surface area (Å²) in [6, 6.07) is 1.56. The maximum Gasteiger partial charge on any atom is 0.248 e. The zero-order valence-corrected chi connectivity index (χ0v) is 18.5. The number of aromatic amines is 1. The fraction of sp³-hybridized carbons (Fsp3) is 0.636. The molecule has 3 heterocycles. The molecule has 1 aliphatic heterocycles. The van der Waals surface area contributed by atoms with E-state index >= 15 is 0 Å². The second-order valence-electron chi connectivity index (χ2n) is 9.36. The van der Waals surface area contributed by atoms with E-state index in [1.54, 1.807) is 19.0 Å². The van der Waals surface area contributed by atoms with Crippen LogP contribution in [0.1, 0.15) is 61.4 Å². The number of rotatable bonds is 5. The fourth-order valence-electron chi connectivity index (χ4n) is 5.16. The molecular weight excluding hydrogens is 416 g/mol. The van der Waals surface area contributed by atoms with E-state index in [1.807, 2.05) is 11.0 Å². The van der Waals surface area contributed by atoms with Gasteiger partial charge in [0.15, 0.2) is 5.82 Å². The number of nitrogens with zero attached hydrogens (tertiary/aromatic N) is 5. The van der Waals surface area contributed by atoms with Gasteiger partial charge >= 0.3 is 0 Å². The Labute approximate surface area is 185 Å². The van der Waals surface area contributed by atoms with Crippen LogP contribution in [-0.2, 0) is 17.6 Å². The van der Waals surface area contributed by atoms with Crippen LogP contribution < -0.4 is 10.2 Å². The lowest BCUT2D eigenvalue weighted by atomic mass is 10.0. The van der Waals surface area contributed by atoms with Gasteiger partial charge in [-0.25, -0.2) is 13.8 Å². The van der Waals surface area contributed by atoms with Crippen molar-refractivity contribution in [3.8, 4) is 0 Å². The lowest BCUT2D eigenvalue weighted by molar-refractivity contribution is -0.129. The molecule has 0 aromatic carbocycles. The first kappa shape index (κ1) is 21.1. The summed E-state index contributed by atoms with van der Waals surface area (Å²) >= 11 is 0. The summed E-state index contributed by atoms with van der Waals surface area (Å²) in [4.78, 5) is 25.9. The highest BCUT2D eigenvalue weighted by Crippen LogP contribution is 2.44. The van der Waals surface area contributed by atoms with Gasteiger partial charge in [0, 0.05) is 56.7 Å². The molecule has 0 spiro atoms. The molecule has 2 N–H and O–H groups in total. The number of H-pyrrole nitrogens is 1. The van der Waals surface area contributed by atoms with Crippen LogP contribution in [0.4, 0.5) is 26.4 Å². The quantitative estimate of drug-likeness (QED) is 0.733. The number of aryl methyl sites for hydroxylation is 1. The van der Waals surface area contributed by atoms with Crippen LogP contribution >= 0.6 is 0 Å². The van der Waals surface area contributed by atoms with Gasteiger partial charge in [-0.1, -0.05) is 0 Å². The van der Waals surface area contributed by atoms with Gasteiger partial charge in [0.25, 0.3) is 0 Å². The van der Waals surface area contributed by atoms with Crippen molar-refractivity contribution < 1.29 is 13.6 Å². The number of halogens is 2. The van der Waals surface area contributed by atoms with Gasteiger partial charge in [-0.05, 0) is 38.5 Å². The Bertz CT molecular complexity index is 1020. The number of anilines is 3. The van der Waals surface area contributed by atoms with Gasteiger partial charge in [-0.2, -0.15) is 10.1 Å². The highest BCUT2D eigenvalue weighted by molar-refractivity contribution is 5.85. The predicted molar refractivity (Wildman–Crippen MR) is 117 cm³/mol. The number of aromatic nitrogens is 4. The summed E-state index contributed by atoms with van der Waals surface area (Å²) in [5.74, 6) is -0.913. The lowest BCUT2D eigenvalue weighted by Crippen LogP contribution is -2.43. The Morgan fingerprint density at radius 2 is 2.09 bits per heavy atom. The van der Waals surface area contributed by atoms with E-state index in [2.05, 4.69) is 15.5 Å². The molecule has 2 fully saturated rings. The van der Waals surface area contributed by atoms with Crippen LogP contribution in [0.3, 0.4) is 0 Å². The molecule has 3 aliphatic rings. The van der Waals surface area contributed by atoms with Gasteiger partial charge in [0.05, 0.1) is 5.69 Å². The standard InChI is InChI=1S/C22H29F2N7O/c1-30(2)20(32)17-7-4-10-31(17)21-25-15-6-3-5-14(15)19(27-21)26-18-11-16(28-29-18)13-8-9-22(23,24)12-13/h11,13,17H,3-10,12H2,1-2H3,(H2,25,26,27,28,29)/t13?,17-/m0/s1. The Morgan fingerprint density at radius 1 is 1.25 bits per heavy atom. The second-order valence-corrected chi connectivity index (χ2v) is 9.36. The Balaban J connectivity index is 1.40. The Hall–Kier alpha value is -2.78. The largest absolute Gasteiger partial charge is 0.347 e. The molecule has 1 unspecified atom stereocenters. The van der Waals surface area contributed by atoms with E-state index in [-0.39, 0.29) is 30.7 Å². The first-order valence-electron chi connectivity index (χ1n) is 11.4. The molecule has 172 valence electrons. The van der Waals surface area contributed by atoms with E-state index in [0.717, 1.165) is 55.6 Å². The van der Waals surface area contributed by atoms with Crippen LogP contribution in [0.5, 0.6) is 0 Å². The third-order valence-electron chi connectivity index (χ3n) is 6.84. The van der Waals surface area contributed by atoms with Crippen molar-refractivity contribution in [3.05, 3.63) is 23.0 Å². The maximum absolute atomic E-state index is 13.6. The monoisotopic (exact) mass is 445 g/mol. The third kappa shape index (κ3) is 3.91. The highest BCUT2D eigenvalue weighted by atomic mass is 19.3. The number of amides is 1. The summed E-state index contributed by atoms with van der Waals surface area (Å²) in [5, 5.41) is 10.5. The molecular formula is C22H29F2N7O. The van der Waals surface area contributed by atoms with E-state index < -0.39 is 5.92 Å². The molecule has 10 heteroatoms. The number of hydrogen-bond donors (Lipinski definition) is 2. The average molecular weight is 446 g/mol. The topological polar surface area (TPSA) is 90.0 Å². The highest BCUT2D eigenvalue weighted by Gasteiger charge is 2.40. The Kier molecular flexibility index (Phi) is 5.25. The van der Waals surface area contributed by atoms with Gasteiger partial charge < -0.3 is 15.1 Å². The Morgan fingerprint density at radius 3 is 2.84 bits per heavy atom. The molecule has 1 amide bonds. The van der Waals surface area contributed by atoms with E-state index in [4.69, 9.17) is 9.97 Å². The molecule has 32 heavy (non-hydrogen) atoms. The molecule has 2 atom stereocenters. The van der Waals surface area contributed by atoms with Crippen LogP contribution in [0.25, 0.3) is 0 Å². The van der Waals surface area contributed by atoms with Crippen LogP contribution in [0.15, 0.2) is 6.07 Å². The number of nitrogens with one attached hydrogen (secondary N) is 2. The summed E-state index contributed by atoms with van der Waals surface area (Å²) in [6.45, 7) is 0.741. The first-order valence-corrected chi connectivity index (χ1v) is 11.4. The molecule has 2 aliphatic carbocycles. The van der Waals surface area contributed by atoms with Gasteiger partial charge in [0.1, 0.15) is 11.9 Å². The minimum atomic E-state index is -2.60. The summed E-state index contributed by atoms with van der Waals surface area (Å²) in [5.41, 5.74) is 2.80. The summed E-state index contributed by atoms with van der Waals surface area (Å²) in [7, 11) is 3.54. The molecule has 8 nitrogen and oxygen atoms in total. The first-order chi connectivity index (χ1) is 15.3. The lowest BCUT2D eigenvalue weighted by Gasteiger charge is -2.27. The third-order valence-corrected chi connectivity index (χ3v) is 6.84. The zero-order chi connectivity index (χ0) is 22.5. The minimum Gasteiger partial charge on any atom is -0.347 e. The summed E-state index contributed by atoms with van der Waals surface area (Å²) < 4.78 is 27.2. The number of hydrogen-bond acceptors (Lipinski definition) is 6. The van der Waals surface area contributed by atoms with Gasteiger partial charge in [0.2, 0.25) is 17.8 Å². The molecule has 2 aromatic rings. The van der Waals surface area contributed by atoms with Crippen molar-refractivity contribution in [2.45, 2.75) is 69.2 Å². The molecule has 0 bridgehead atoms. The molecule has 1 saturated heterocycles. The fourth-order valence-corrected chi connectivity index (χ4v) is 5.16. The SMILES string of the molecule is CN(C)C(=O)[C@@H]1CCCN1c1nc2c(c(Nc3cc(C4CCC(F)(F)C4)[nH]n3)n1)CCC2. The van der Waals surface area contributed by atoms with Crippen LogP contribution in [0.2, 0.25) is 0 Å². The number of alkyl halides is 2. The normalized spacial score (nSPS) is 24.1. The van der Waals surface area contributed by atoms with Crippen LogP contribution in [-0.4, -0.2) is 63.6 Å². The second kappa shape index (κ2) is 7.97. The number of carbonyl (C=O) groups is 1. The maximum atomic E-state index is 13.6. The predicted octanol–water partition coefficient (Wildman–Crippen LogP) is 3.39. The number of likely N-dealkylation sites (N-methyl/N-ethyl adjacent to an activating group) is 1. The van der Waals surface area contributed by atoms with Crippen molar-refractivity contribution in [3.63, 3.8) is 0 Å².